The molecule has 0 unspecified atom stereocenters. The minimum atomic E-state index is -1.01. The average molecular weight is 285 g/mol. The number of aliphatic carboxylic acids is 1. The summed E-state index contributed by atoms with van der Waals surface area (Å²) in [5, 5.41) is 19.2. The molecule has 2 rings (SSSR count). The Balaban J connectivity index is 1.87. The van der Waals surface area contributed by atoms with Crippen molar-refractivity contribution in [2.24, 2.45) is 11.7 Å². The number of carboxylic acids is 1. The highest BCUT2D eigenvalue weighted by Gasteiger charge is 2.10. The molecule has 0 fully saturated rings. The number of allylic oxidation sites excluding steroid dienone is 4. The predicted molar refractivity (Wildman–Crippen MR) is 83.7 cm³/mol. The molecular formula is C16H19N3O2. The van der Waals surface area contributed by atoms with Crippen LogP contribution in [0.15, 0.2) is 48.6 Å². The Labute approximate surface area is 123 Å². The molecular weight excluding hydrogens is 266 g/mol. The van der Waals surface area contributed by atoms with Gasteiger partial charge in [0.2, 0.25) is 0 Å². The highest BCUT2D eigenvalue weighted by Crippen LogP contribution is 2.17. The van der Waals surface area contributed by atoms with Crippen LogP contribution in [0.4, 0.5) is 5.69 Å². The van der Waals surface area contributed by atoms with Gasteiger partial charge in [0.1, 0.15) is 6.04 Å². The van der Waals surface area contributed by atoms with Crippen molar-refractivity contribution >= 4 is 17.4 Å². The maximum atomic E-state index is 10.6. The molecule has 1 atom stereocenters. The SMILES string of the molecule is N=C1C=CC(Cc2ccc(NC[C@H](N)C(=O)O)cc2)C=C1. The molecule has 21 heavy (non-hydrogen) atoms. The molecule has 5 nitrogen and oxygen atoms in total. The van der Waals surface area contributed by atoms with Crippen LogP contribution in [0.2, 0.25) is 0 Å². The summed E-state index contributed by atoms with van der Waals surface area (Å²) in [5.74, 6) is -0.695. The van der Waals surface area contributed by atoms with Gasteiger partial charge in [0.05, 0.1) is 5.71 Å². The number of carbonyl (C=O) groups is 1. The van der Waals surface area contributed by atoms with Crippen molar-refractivity contribution in [3.8, 4) is 0 Å². The number of nitrogens with two attached hydrogens (primary N) is 1. The molecule has 1 aliphatic carbocycles. The summed E-state index contributed by atoms with van der Waals surface area (Å²) in [7, 11) is 0. The van der Waals surface area contributed by atoms with E-state index >= 15 is 0 Å². The van der Waals surface area contributed by atoms with Gasteiger partial charge in [0, 0.05) is 12.2 Å². The third kappa shape index (κ3) is 4.57. The summed E-state index contributed by atoms with van der Waals surface area (Å²) in [5.41, 5.74) is 8.01. The third-order valence-corrected chi connectivity index (χ3v) is 3.31. The van der Waals surface area contributed by atoms with Gasteiger partial charge in [-0.25, -0.2) is 0 Å². The van der Waals surface area contributed by atoms with Gasteiger partial charge in [-0.1, -0.05) is 24.3 Å². The molecule has 0 saturated carbocycles. The van der Waals surface area contributed by atoms with E-state index in [0.717, 1.165) is 12.1 Å². The van der Waals surface area contributed by atoms with E-state index in [0.29, 0.717) is 11.6 Å². The number of hydrogen-bond donors (Lipinski definition) is 4. The summed E-state index contributed by atoms with van der Waals surface area (Å²) < 4.78 is 0. The molecule has 0 amide bonds. The molecule has 5 heteroatoms. The Morgan fingerprint density at radius 1 is 1.29 bits per heavy atom. The smallest absolute Gasteiger partial charge is 0.322 e. The fraction of sp³-hybridized carbons (Fsp3) is 0.250. The van der Waals surface area contributed by atoms with Crippen molar-refractivity contribution < 1.29 is 9.90 Å². The minimum absolute atomic E-state index is 0.199. The Morgan fingerprint density at radius 3 is 2.48 bits per heavy atom. The van der Waals surface area contributed by atoms with Crippen LogP contribution in [0.1, 0.15) is 5.56 Å². The molecule has 110 valence electrons. The van der Waals surface area contributed by atoms with E-state index in [9.17, 15) is 4.79 Å². The van der Waals surface area contributed by atoms with E-state index in [1.165, 1.54) is 5.56 Å². The van der Waals surface area contributed by atoms with E-state index in [1.54, 1.807) is 0 Å². The molecule has 1 aromatic rings. The van der Waals surface area contributed by atoms with Gasteiger partial charge >= 0.3 is 5.97 Å². The number of benzene rings is 1. The van der Waals surface area contributed by atoms with Crippen LogP contribution in [0, 0.1) is 11.3 Å². The van der Waals surface area contributed by atoms with Gasteiger partial charge in [-0.3, -0.25) is 4.79 Å². The highest BCUT2D eigenvalue weighted by atomic mass is 16.4. The second kappa shape index (κ2) is 6.85. The van der Waals surface area contributed by atoms with Crippen molar-refractivity contribution in [3.63, 3.8) is 0 Å². The second-order valence-electron chi connectivity index (χ2n) is 5.06. The molecule has 0 saturated heterocycles. The maximum Gasteiger partial charge on any atom is 0.322 e. The fourth-order valence-electron chi connectivity index (χ4n) is 2.06. The predicted octanol–water partition coefficient (Wildman–Crippen LogP) is 1.81. The Morgan fingerprint density at radius 2 is 1.90 bits per heavy atom. The van der Waals surface area contributed by atoms with E-state index < -0.39 is 12.0 Å². The topological polar surface area (TPSA) is 99.2 Å². The first kappa shape index (κ1) is 15.0. The normalized spacial score (nSPS) is 18.5. The van der Waals surface area contributed by atoms with Crippen LogP contribution >= 0.6 is 0 Å². The summed E-state index contributed by atoms with van der Waals surface area (Å²) in [6, 6.07) is 6.95. The number of rotatable bonds is 6. The first-order valence-electron chi connectivity index (χ1n) is 6.81. The zero-order chi connectivity index (χ0) is 15.2. The number of hydrogen-bond acceptors (Lipinski definition) is 4. The summed E-state index contributed by atoms with van der Waals surface area (Å²) >= 11 is 0. The summed E-state index contributed by atoms with van der Waals surface area (Å²) in [6.07, 6.45) is 8.57. The van der Waals surface area contributed by atoms with Gasteiger partial charge in [0.25, 0.3) is 0 Å². The van der Waals surface area contributed by atoms with Crippen molar-refractivity contribution in [2.75, 3.05) is 11.9 Å². The average Bonchev–Trinajstić information content (AvgIpc) is 2.48. The largest absolute Gasteiger partial charge is 0.480 e. The van der Waals surface area contributed by atoms with E-state index in [-0.39, 0.29) is 6.54 Å². The van der Waals surface area contributed by atoms with Crippen LogP contribution in [0.5, 0.6) is 0 Å². The van der Waals surface area contributed by atoms with E-state index in [2.05, 4.69) is 5.32 Å². The molecule has 5 N–H and O–H groups in total. The Bertz CT molecular complexity index is 560. The molecule has 1 aliphatic rings. The molecule has 0 aliphatic heterocycles. The van der Waals surface area contributed by atoms with Gasteiger partial charge in [-0.2, -0.15) is 0 Å². The quantitative estimate of drug-likeness (QED) is 0.640. The highest BCUT2D eigenvalue weighted by molar-refractivity contribution is 6.02. The van der Waals surface area contributed by atoms with E-state index in [4.69, 9.17) is 16.2 Å². The van der Waals surface area contributed by atoms with Crippen LogP contribution in [-0.2, 0) is 11.2 Å². The number of carboxylic acid groups (broad SMARTS) is 1. The maximum absolute atomic E-state index is 10.6. The number of nitrogens with one attached hydrogen (secondary N) is 2. The van der Waals surface area contributed by atoms with Crippen LogP contribution in [0.25, 0.3) is 0 Å². The second-order valence-corrected chi connectivity index (χ2v) is 5.06. The zero-order valence-corrected chi connectivity index (χ0v) is 11.6. The summed E-state index contributed by atoms with van der Waals surface area (Å²) in [4.78, 5) is 10.6. The number of anilines is 1. The first-order valence-corrected chi connectivity index (χ1v) is 6.81. The van der Waals surface area contributed by atoms with Crippen LogP contribution in [0.3, 0.4) is 0 Å². The third-order valence-electron chi connectivity index (χ3n) is 3.31. The lowest BCUT2D eigenvalue weighted by Crippen LogP contribution is -2.36. The molecule has 0 aromatic heterocycles. The van der Waals surface area contributed by atoms with Gasteiger partial charge in [-0.05, 0) is 42.2 Å². The van der Waals surface area contributed by atoms with Crippen molar-refractivity contribution in [3.05, 3.63) is 54.1 Å². The Hall–Kier alpha value is -2.40. The monoisotopic (exact) mass is 285 g/mol. The zero-order valence-electron chi connectivity index (χ0n) is 11.6. The Kier molecular flexibility index (Phi) is 4.90. The van der Waals surface area contributed by atoms with Crippen molar-refractivity contribution in [1.29, 1.82) is 5.41 Å². The van der Waals surface area contributed by atoms with Gasteiger partial charge in [0.15, 0.2) is 0 Å². The molecule has 1 aromatic carbocycles. The molecule has 0 bridgehead atoms. The molecule has 0 heterocycles. The minimum Gasteiger partial charge on any atom is -0.480 e. The lowest BCUT2D eigenvalue weighted by molar-refractivity contribution is -0.138. The van der Waals surface area contributed by atoms with Crippen LogP contribution < -0.4 is 11.1 Å². The van der Waals surface area contributed by atoms with Gasteiger partial charge < -0.3 is 21.6 Å². The van der Waals surface area contributed by atoms with Crippen LogP contribution in [-0.4, -0.2) is 29.4 Å². The first-order chi connectivity index (χ1) is 10.0. The molecule has 0 spiro atoms. The van der Waals surface area contributed by atoms with Gasteiger partial charge in [-0.15, -0.1) is 0 Å². The molecule has 0 radical (unpaired) electrons. The standard InChI is InChI=1S/C16H19N3O2/c17-13-5-1-11(2-6-13)9-12-3-7-14(8-4-12)19-10-15(18)16(20)21/h1-8,11,15,17,19H,9-10,18H2,(H,20,21)/t11?,15-/m0/s1. The fourth-order valence-corrected chi connectivity index (χ4v) is 2.06. The van der Waals surface area contributed by atoms with E-state index in [1.807, 2.05) is 48.6 Å². The van der Waals surface area contributed by atoms with Crippen molar-refractivity contribution in [1.82, 2.24) is 0 Å². The lowest BCUT2D eigenvalue weighted by atomic mass is 9.95. The lowest BCUT2D eigenvalue weighted by Gasteiger charge is -2.13. The summed E-state index contributed by atoms with van der Waals surface area (Å²) in [6.45, 7) is 0.199. The van der Waals surface area contributed by atoms with Crippen molar-refractivity contribution in [2.45, 2.75) is 12.5 Å².